The Kier molecular flexibility index (Phi) is 6.54. The molecule has 0 atom stereocenters. The first-order chi connectivity index (χ1) is 13.1. The number of aromatic nitrogens is 7. The Hall–Kier alpha value is -2.29. The van der Waals surface area contributed by atoms with Crippen LogP contribution in [0.25, 0.3) is 11.4 Å². The molecule has 1 aromatic carbocycles. The molecule has 3 rings (SSSR count). The van der Waals surface area contributed by atoms with Crippen molar-refractivity contribution in [1.29, 1.82) is 0 Å². The van der Waals surface area contributed by atoms with Gasteiger partial charge in [0.25, 0.3) is 0 Å². The predicted molar refractivity (Wildman–Crippen MR) is 103 cm³/mol. The molecule has 0 N–H and O–H groups in total. The number of tetrazole rings is 1. The Labute approximate surface area is 162 Å². The van der Waals surface area contributed by atoms with Crippen LogP contribution in [0, 0.1) is 11.7 Å². The van der Waals surface area contributed by atoms with Crippen molar-refractivity contribution >= 4 is 11.8 Å². The molecule has 27 heavy (non-hydrogen) atoms. The number of unbranched alkanes of at least 4 members (excludes halogenated alkanes) is 1. The molecule has 2 heterocycles. The second-order valence-electron chi connectivity index (χ2n) is 6.75. The predicted octanol–water partition coefficient (Wildman–Crippen LogP) is 3.82. The van der Waals surface area contributed by atoms with Crippen LogP contribution in [-0.2, 0) is 18.8 Å². The number of hydrogen-bond acceptors (Lipinski definition) is 6. The van der Waals surface area contributed by atoms with E-state index in [-0.39, 0.29) is 5.82 Å². The van der Waals surface area contributed by atoms with Crippen LogP contribution >= 0.6 is 11.8 Å². The summed E-state index contributed by atoms with van der Waals surface area (Å²) in [5, 5.41) is 21.3. The van der Waals surface area contributed by atoms with Crippen molar-refractivity contribution in [3.05, 3.63) is 35.9 Å². The van der Waals surface area contributed by atoms with E-state index in [0.29, 0.717) is 29.6 Å². The third kappa shape index (κ3) is 4.71. The van der Waals surface area contributed by atoms with Crippen molar-refractivity contribution in [3.8, 4) is 11.4 Å². The molecule has 0 radical (unpaired) electrons. The summed E-state index contributed by atoms with van der Waals surface area (Å²) in [4.78, 5) is 0. The van der Waals surface area contributed by atoms with Gasteiger partial charge in [0.05, 0.1) is 11.3 Å². The van der Waals surface area contributed by atoms with Gasteiger partial charge in [-0.2, -0.15) is 0 Å². The second kappa shape index (κ2) is 9.07. The molecule has 7 nitrogen and oxygen atoms in total. The highest BCUT2D eigenvalue weighted by Gasteiger charge is 2.19. The summed E-state index contributed by atoms with van der Waals surface area (Å²) in [6.07, 6.45) is 2.12. The molecule has 0 spiro atoms. The van der Waals surface area contributed by atoms with Gasteiger partial charge in [0, 0.05) is 13.1 Å². The maximum atomic E-state index is 14.3. The van der Waals surface area contributed by atoms with Crippen LogP contribution in [0.3, 0.4) is 0 Å². The first-order valence-corrected chi connectivity index (χ1v) is 10.1. The van der Waals surface area contributed by atoms with Gasteiger partial charge in [0.15, 0.2) is 16.8 Å². The fourth-order valence-electron chi connectivity index (χ4n) is 2.70. The van der Waals surface area contributed by atoms with Crippen LogP contribution in [0.1, 0.15) is 39.4 Å². The minimum Gasteiger partial charge on any atom is -0.302 e. The average molecular weight is 390 g/mol. The molecule has 0 aliphatic carbocycles. The molecule has 2 aromatic heterocycles. The summed E-state index contributed by atoms with van der Waals surface area (Å²) >= 11 is 1.52. The average Bonchev–Trinajstić information content (AvgIpc) is 3.25. The van der Waals surface area contributed by atoms with E-state index in [4.69, 9.17) is 0 Å². The van der Waals surface area contributed by atoms with Crippen LogP contribution in [0.2, 0.25) is 0 Å². The highest BCUT2D eigenvalue weighted by atomic mass is 32.2. The number of nitrogens with zero attached hydrogens (tertiary/aromatic N) is 7. The monoisotopic (exact) mass is 389 g/mol. The molecular formula is C18H24FN7S. The number of benzene rings is 1. The topological polar surface area (TPSA) is 74.3 Å². The van der Waals surface area contributed by atoms with Gasteiger partial charge in [0.1, 0.15) is 5.82 Å². The number of halogens is 1. The lowest BCUT2D eigenvalue weighted by Gasteiger charge is -2.12. The Morgan fingerprint density at radius 1 is 1.15 bits per heavy atom. The fourth-order valence-corrected chi connectivity index (χ4v) is 3.58. The Morgan fingerprint density at radius 2 is 1.96 bits per heavy atom. The summed E-state index contributed by atoms with van der Waals surface area (Å²) in [6.45, 7) is 7.88. The normalized spacial score (nSPS) is 11.4. The third-order valence-electron chi connectivity index (χ3n) is 4.04. The van der Waals surface area contributed by atoms with Crippen molar-refractivity contribution in [2.45, 2.75) is 57.6 Å². The minimum absolute atomic E-state index is 0.296. The van der Waals surface area contributed by atoms with E-state index in [1.165, 1.54) is 17.8 Å². The van der Waals surface area contributed by atoms with E-state index < -0.39 is 0 Å². The summed E-state index contributed by atoms with van der Waals surface area (Å²) in [6, 6.07) is 6.66. The zero-order valence-corrected chi connectivity index (χ0v) is 16.7. The van der Waals surface area contributed by atoms with Gasteiger partial charge in [-0.1, -0.05) is 51.1 Å². The van der Waals surface area contributed by atoms with E-state index in [9.17, 15) is 4.39 Å². The van der Waals surface area contributed by atoms with Crippen LogP contribution in [0.15, 0.2) is 29.4 Å². The highest BCUT2D eigenvalue weighted by Crippen LogP contribution is 2.28. The second-order valence-corrected chi connectivity index (χ2v) is 7.69. The van der Waals surface area contributed by atoms with Gasteiger partial charge in [-0.25, -0.2) is 9.07 Å². The summed E-state index contributed by atoms with van der Waals surface area (Å²) in [5.41, 5.74) is 0.463. The van der Waals surface area contributed by atoms with E-state index in [1.807, 2.05) is 15.3 Å². The van der Waals surface area contributed by atoms with E-state index in [2.05, 4.69) is 46.5 Å². The van der Waals surface area contributed by atoms with Gasteiger partial charge < -0.3 is 4.57 Å². The fraction of sp³-hybridized carbons (Fsp3) is 0.500. The molecule has 0 unspecified atom stereocenters. The first-order valence-electron chi connectivity index (χ1n) is 9.16. The zero-order valence-electron chi connectivity index (χ0n) is 15.8. The van der Waals surface area contributed by atoms with Crippen molar-refractivity contribution < 1.29 is 4.39 Å². The van der Waals surface area contributed by atoms with Gasteiger partial charge in [0.2, 0.25) is 0 Å². The molecule has 144 valence electrons. The van der Waals surface area contributed by atoms with Crippen molar-refractivity contribution in [2.75, 3.05) is 0 Å². The minimum atomic E-state index is -0.296. The zero-order chi connectivity index (χ0) is 19.2. The SMILES string of the molecule is CCCCn1nnnc1CSc1nnc(-c2ccccc2F)n1CC(C)C. The first kappa shape index (κ1) is 19.5. The van der Waals surface area contributed by atoms with Gasteiger partial charge in [-0.3, -0.25) is 0 Å². The maximum absolute atomic E-state index is 14.3. The number of hydrogen-bond donors (Lipinski definition) is 0. The third-order valence-corrected chi connectivity index (χ3v) is 5.00. The molecule has 0 bridgehead atoms. The van der Waals surface area contributed by atoms with Crippen LogP contribution in [0.4, 0.5) is 4.39 Å². The molecule has 9 heteroatoms. The van der Waals surface area contributed by atoms with E-state index >= 15 is 0 Å². The molecule has 0 fully saturated rings. The highest BCUT2D eigenvalue weighted by molar-refractivity contribution is 7.98. The van der Waals surface area contributed by atoms with Crippen LogP contribution in [-0.4, -0.2) is 35.0 Å². The molecule has 0 aliphatic rings. The largest absolute Gasteiger partial charge is 0.302 e. The Balaban J connectivity index is 1.84. The van der Waals surface area contributed by atoms with Crippen molar-refractivity contribution in [1.82, 2.24) is 35.0 Å². The van der Waals surface area contributed by atoms with Gasteiger partial charge in [-0.15, -0.1) is 15.3 Å². The molecular weight excluding hydrogens is 365 g/mol. The van der Waals surface area contributed by atoms with E-state index in [1.54, 1.807) is 12.1 Å². The Morgan fingerprint density at radius 3 is 2.70 bits per heavy atom. The number of rotatable bonds is 9. The van der Waals surface area contributed by atoms with Gasteiger partial charge >= 0.3 is 0 Å². The molecule has 0 saturated heterocycles. The van der Waals surface area contributed by atoms with E-state index in [0.717, 1.165) is 30.4 Å². The molecule has 0 saturated carbocycles. The number of thioether (sulfide) groups is 1. The quantitative estimate of drug-likeness (QED) is 0.518. The molecule has 0 amide bonds. The van der Waals surface area contributed by atoms with Crippen LogP contribution < -0.4 is 0 Å². The maximum Gasteiger partial charge on any atom is 0.191 e. The lowest BCUT2D eigenvalue weighted by molar-refractivity contribution is 0.496. The van der Waals surface area contributed by atoms with Crippen LogP contribution in [0.5, 0.6) is 0 Å². The summed E-state index contributed by atoms with van der Waals surface area (Å²) < 4.78 is 18.1. The molecule has 3 aromatic rings. The smallest absolute Gasteiger partial charge is 0.191 e. The lowest BCUT2D eigenvalue weighted by Crippen LogP contribution is -2.09. The molecule has 0 aliphatic heterocycles. The Bertz CT molecular complexity index is 874. The number of aryl methyl sites for hydroxylation is 1. The van der Waals surface area contributed by atoms with Gasteiger partial charge in [-0.05, 0) is 34.9 Å². The lowest BCUT2D eigenvalue weighted by atomic mass is 10.2. The van der Waals surface area contributed by atoms with Crippen molar-refractivity contribution in [3.63, 3.8) is 0 Å². The standard InChI is InChI=1S/C18H24FN7S/c1-4-5-10-26-16(20-23-24-26)12-27-18-22-21-17(25(18)11-13(2)3)14-8-6-7-9-15(14)19/h6-9,13H,4-5,10-12H2,1-3H3. The van der Waals surface area contributed by atoms with Crippen molar-refractivity contribution in [2.24, 2.45) is 5.92 Å². The summed E-state index contributed by atoms with van der Waals surface area (Å²) in [5.74, 6) is 2.02. The summed E-state index contributed by atoms with van der Waals surface area (Å²) in [7, 11) is 0.